The van der Waals surface area contributed by atoms with E-state index in [9.17, 15) is 9.90 Å². The number of aliphatic hydroxyl groups is 1. The third-order valence-electron chi connectivity index (χ3n) is 2.38. The molecule has 0 saturated heterocycles. The number of aliphatic hydroxyl groups excluding tert-OH is 1. The lowest BCUT2D eigenvalue weighted by Crippen LogP contribution is -2.46. The van der Waals surface area contributed by atoms with Gasteiger partial charge < -0.3 is 15.2 Å². The third kappa shape index (κ3) is 4.73. The first-order valence-electron chi connectivity index (χ1n) is 6.11. The first kappa shape index (κ1) is 15.8. The average molecular weight is 286 g/mol. The van der Waals surface area contributed by atoms with E-state index in [1.165, 1.54) is 0 Å². The molecule has 4 nitrogen and oxygen atoms in total. The maximum Gasteiger partial charge on any atom is 0.261 e. The van der Waals surface area contributed by atoms with Gasteiger partial charge in [0.05, 0.1) is 11.6 Å². The van der Waals surface area contributed by atoms with Crippen LogP contribution in [0.2, 0.25) is 5.02 Å². The fourth-order valence-corrected chi connectivity index (χ4v) is 1.75. The van der Waals surface area contributed by atoms with Gasteiger partial charge in [0.25, 0.3) is 5.91 Å². The summed E-state index contributed by atoms with van der Waals surface area (Å²) >= 11 is 6.02. The van der Waals surface area contributed by atoms with E-state index in [2.05, 4.69) is 5.32 Å². The minimum Gasteiger partial charge on any atom is -0.479 e. The van der Waals surface area contributed by atoms with E-state index in [0.717, 1.165) is 0 Å². The molecule has 0 spiro atoms. The molecule has 0 fully saturated rings. The Bertz CT molecular complexity index is 454. The summed E-state index contributed by atoms with van der Waals surface area (Å²) in [5, 5.41) is 12.4. The highest BCUT2D eigenvalue weighted by molar-refractivity contribution is 6.32. The number of para-hydroxylation sites is 1. The van der Waals surface area contributed by atoms with Crippen molar-refractivity contribution in [2.75, 3.05) is 0 Å². The van der Waals surface area contributed by atoms with E-state index in [-0.39, 0.29) is 18.1 Å². The summed E-state index contributed by atoms with van der Waals surface area (Å²) in [5.41, 5.74) is 0.234. The molecule has 1 rings (SSSR count). The second kappa shape index (κ2) is 6.26. The number of benzene rings is 1. The van der Waals surface area contributed by atoms with Crippen LogP contribution in [-0.4, -0.2) is 22.7 Å². The lowest BCUT2D eigenvalue weighted by Gasteiger charge is -2.24. The first-order valence-corrected chi connectivity index (χ1v) is 6.49. The topological polar surface area (TPSA) is 58.6 Å². The van der Waals surface area contributed by atoms with Gasteiger partial charge in [-0.15, -0.1) is 0 Å². The number of amides is 1. The zero-order valence-corrected chi connectivity index (χ0v) is 12.4. The Labute approximate surface area is 118 Å². The highest BCUT2D eigenvalue weighted by Gasteiger charge is 2.22. The van der Waals surface area contributed by atoms with Crippen molar-refractivity contribution in [3.05, 3.63) is 28.8 Å². The van der Waals surface area contributed by atoms with E-state index in [0.29, 0.717) is 16.3 Å². The number of carbonyl (C=O) groups excluding carboxylic acids is 1. The van der Waals surface area contributed by atoms with Crippen molar-refractivity contribution < 1.29 is 14.6 Å². The van der Waals surface area contributed by atoms with Gasteiger partial charge in [-0.3, -0.25) is 4.79 Å². The molecule has 0 radical (unpaired) electrons. The molecule has 2 N–H and O–H groups in total. The van der Waals surface area contributed by atoms with Crippen LogP contribution in [0.5, 0.6) is 5.75 Å². The molecule has 106 valence electrons. The molecule has 5 heteroatoms. The van der Waals surface area contributed by atoms with Gasteiger partial charge in [-0.1, -0.05) is 23.7 Å². The van der Waals surface area contributed by atoms with Crippen molar-refractivity contribution in [1.29, 1.82) is 0 Å². The molecule has 0 bridgehead atoms. The molecular formula is C14H20ClNO3. The second-order valence-electron chi connectivity index (χ2n) is 5.39. The maximum atomic E-state index is 11.9. The van der Waals surface area contributed by atoms with Crippen LogP contribution < -0.4 is 10.1 Å². The Hall–Kier alpha value is -1.26. The van der Waals surface area contributed by atoms with Gasteiger partial charge in [0.1, 0.15) is 5.75 Å². The van der Waals surface area contributed by atoms with Crippen LogP contribution in [0.15, 0.2) is 18.2 Å². The monoisotopic (exact) mass is 285 g/mol. The third-order valence-corrected chi connectivity index (χ3v) is 2.68. The quantitative estimate of drug-likeness (QED) is 0.894. The SMILES string of the molecule is CC(Oc1c(Cl)cccc1CO)C(=O)NC(C)(C)C. The predicted octanol–water partition coefficient (Wildman–Crippen LogP) is 2.51. The fraction of sp³-hybridized carbons (Fsp3) is 0.500. The average Bonchev–Trinajstić information content (AvgIpc) is 2.29. The predicted molar refractivity (Wildman–Crippen MR) is 75.4 cm³/mol. The largest absolute Gasteiger partial charge is 0.479 e. The van der Waals surface area contributed by atoms with E-state index in [1.54, 1.807) is 25.1 Å². The number of ether oxygens (including phenoxy) is 1. The molecule has 0 heterocycles. The molecule has 0 aliphatic rings. The minimum atomic E-state index is -0.690. The summed E-state index contributed by atoms with van der Waals surface area (Å²) < 4.78 is 5.57. The van der Waals surface area contributed by atoms with Crippen molar-refractivity contribution in [2.45, 2.75) is 45.9 Å². The molecule has 1 aromatic carbocycles. The number of rotatable bonds is 4. The standard InChI is InChI=1S/C14H20ClNO3/c1-9(13(18)16-14(2,3)4)19-12-10(8-17)6-5-7-11(12)15/h5-7,9,17H,8H2,1-4H3,(H,16,18). The summed E-state index contributed by atoms with van der Waals surface area (Å²) in [6.45, 7) is 7.14. The van der Waals surface area contributed by atoms with Crippen molar-refractivity contribution in [2.24, 2.45) is 0 Å². The molecule has 1 unspecified atom stereocenters. The highest BCUT2D eigenvalue weighted by Crippen LogP contribution is 2.29. The Balaban J connectivity index is 2.82. The minimum absolute atomic E-state index is 0.191. The maximum absolute atomic E-state index is 11.9. The van der Waals surface area contributed by atoms with Crippen LogP contribution in [0.3, 0.4) is 0 Å². The second-order valence-corrected chi connectivity index (χ2v) is 5.79. The van der Waals surface area contributed by atoms with E-state index >= 15 is 0 Å². The summed E-state index contributed by atoms with van der Waals surface area (Å²) in [6.07, 6.45) is -0.690. The van der Waals surface area contributed by atoms with Gasteiger partial charge in [-0.25, -0.2) is 0 Å². The van der Waals surface area contributed by atoms with Gasteiger partial charge in [0.2, 0.25) is 0 Å². The normalized spacial score (nSPS) is 12.9. The molecule has 1 amide bonds. The van der Waals surface area contributed by atoms with Gasteiger partial charge in [0, 0.05) is 11.1 Å². The number of halogens is 1. The molecular weight excluding hydrogens is 266 g/mol. The lowest BCUT2D eigenvalue weighted by molar-refractivity contribution is -0.128. The summed E-state index contributed by atoms with van der Waals surface area (Å²) in [4.78, 5) is 11.9. The zero-order valence-electron chi connectivity index (χ0n) is 11.7. The van der Waals surface area contributed by atoms with Crippen LogP contribution in [0.4, 0.5) is 0 Å². The van der Waals surface area contributed by atoms with Gasteiger partial charge in [-0.05, 0) is 33.8 Å². The molecule has 19 heavy (non-hydrogen) atoms. The van der Waals surface area contributed by atoms with Crippen LogP contribution in [0.25, 0.3) is 0 Å². The van der Waals surface area contributed by atoms with Crippen molar-refractivity contribution in [3.63, 3.8) is 0 Å². The zero-order chi connectivity index (χ0) is 14.6. The van der Waals surface area contributed by atoms with Crippen molar-refractivity contribution in [3.8, 4) is 5.75 Å². The summed E-state index contributed by atoms with van der Waals surface area (Å²) in [7, 11) is 0. The molecule has 0 aliphatic heterocycles. The number of hydrogen-bond donors (Lipinski definition) is 2. The summed E-state index contributed by atoms with van der Waals surface area (Å²) in [5.74, 6) is 0.125. The van der Waals surface area contributed by atoms with Gasteiger partial charge >= 0.3 is 0 Å². The fourth-order valence-electron chi connectivity index (χ4n) is 1.51. The van der Waals surface area contributed by atoms with Gasteiger partial charge in [0.15, 0.2) is 6.10 Å². The summed E-state index contributed by atoms with van der Waals surface area (Å²) in [6, 6.07) is 5.08. The lowest BCUT2D eigenvalue weighted by atomic mass is 10.1. The molecule has 0 saturated carbocycles. The van der Waals surface area contributed by atoms with Crippen LogP contribution in [0.1, 0.15) is 33.3 Å². The highest BCUT2D eigenvalue weighted by atomic mass is 35.5. The number of hydrogen-bond acceptors (Lipinski definition) is 3. The van der Waals surface area contributed by atoms with E-state index < -0.39 is 6.10 Å². The van der Waals surface area contributed by atoms with Crippen molar-refractivity contribution in [1.82, 2.24) is 5.32 Å². The van der Waals surface area contributed by atoms with Gasteiger partial charge in [-0.2, -0.15) is 0 Å². The smallest absolute Gasteiger partial charge is 0.261 e. The number of carbonyl (C=O) groups is 1. The molecule has 1 aromatic rings. The van der Waals surface area contributed by atoms with Crippen LogP contribution in [0, 0.1) is 0 Å². The number of nitrogens with one attached hydrogen (secondary N) is 1. The Morgan fingerprint density at radius 2 is 2.11 bits per heavy atom. The Morgan fingerprint density at radius 3 is 2.63 bits per heavy atom. The van der Waals surface area contributed by atoms with Crippen LogP contribution >= 0.6 is 11.6 Å². The van der Waals surface area contributed by atoms with Crippen molar-refractivity contribution >= 4 is 17.5 Å². The molecule has 0 aliphatic carbocycles. The molecule has 0 aromatic heterocycles. The first-order chi connectivity index (χ1) is 8.74. The van der Waals surface area contributed by atoms with E-state index in [1.807, 2.05) is 20.8 Å². The van der Waals surface area contributed by atoms with Crippen LogP contribution in [-0.2, 0) is 11.4 Å². The Morgan fingerprint density at radius 1 is 1.47 bits per heavy atom. The Kier molecular flexibility index (Phi) is 5.20. The van der Waals surface area contributed by atoms with E-state index in [4.69, 9.17) is 16.3 Å². The molecule has 1 atom stereocenters.